The molecule has 0 saturated carbocycles. The third kappa shape index (κ3) is 6.70. The van der Waals surface area contributed by atoms with Gasteiger partial charge in [-0.1, -0.05) is 6.42 Å². The van der Waals surface area contributed by atoms with Crippen molar-refractivity contribution in [1.29, 1.82) is 0 Å². The number of halogens is 2. The van der Waals surface area contributed by atoms with Crippen molar-refractivity contribution in [2.24, 2.45) is 0 Å². The van der Waals surface area contributed by atoms with E-state index in [1.165, 1.54) is 23.5 Å². The van der Waals surface area contributed by atoms with Gasteiger partial charge in [-0.05, 0) is 31.0 Å². The molecule has 2 fully saturated rings. The van der Waals surface area contributed by atoms with E-state index in [4.69, 9.17) is 4.74 Å². The van der Waals surface area contributed by atoms with Crippen molar-refractivity contribution < 1.29 is 17.9 Å². The SMILES string of the molecule is COc1ccc(S(=O)(=O)N2CCCCC2)cc1NC(=O)CN1CCNCC1.Cl.Cl. The van der Waals surface area contributed by atoms with Crippen molar-refractivity contribution in [3.63, 3.8) is 0 Å². The zero-order chi connectivity index (χ0) is 19.3. The third-order valence-corrected chi connectivity index (χ3v) is 6.87. The van der Waals surface area contributed by atoms with Crippen LogP contribution in [0.1, 0.15) is 19.3 Å². The molecule has 0 spiro atoms. The van der Waals surface area contributed by atoms with E-state index in [2.05, 4.69) is 15.5 Å². The number of carbonyl (C=O) groups is 1. The summed E-state index contributed by atoms with van der Waals surface area (Å²) in [4.78, 5) is 14.7. The van der Waals surface area contributed by atoms with Crippen LogP contribution in [0.5, 0.6) is 5.75 Å². The highest BCUT2D eigenvalue weighted by Crippen LogP contribution is 2.30. The molecule has 2 heterocycles. The monoisotopic (exact) mass is 468 g/mol. The number of sulfonamides is 1. The molecule has 2 N–H and O–H groups in total. The number of piperazine rings is 1. The minimum absolute atomic E-state index is 0. The summed E-state index contributed by atoms with van der Waals surface area (Å²) >= 11 is 0. The molecule has 3 rings (SSSR count). The molecule has 11 heteroatoms. The van der Waals surface area contributed by atoms with Crippen LogP contribution in [-0.2, 0) is 14.8 Å². The second-order valence-corrected chi connectivity index (χ2v) is 8.84. The molecule has 8 nitrogen and oxygen atoms in total. The lowest BCUT2D eigenvalue weighted by molar-refractivity contribution is -0.117. The Hall–Kier alpha value is -1.10. The van der Waals surface area contributed by atoms with Gasteiger partial charge in [0.15, 0.2) is 0 Å². The molecule has 0 unspecified atom stereocenters. The molecule has 1 amide bonds. The average Bonchev–Trinajstić information content (AvgIpc) is 2.69. The Bertz CT molecular complexity index is 767. The van der Waals surface area contributed by atoms with Gasteiger partial charge in [0.25, 0.3) is 0 Å². The molecule has 1 aromatic carbocycles. The Kier molecular flexibility index (Phi) is 10.7. The Morgan fingerprint density at radius 1 is 1.10 bits per heavy atom. The zero-order valence-electron chi connectivity index (χ0n) is 16.6. The van der Waals surface area contributed by atoms with Crippen molar-refractivity contribution in [3.8, 4) is 5.75 Å². The number of anilines is 1. The van der Waals surface area contributed by atoms with Crippen molar-refractivity contribution in [1.82, 2.24) is 14.5 Å². The topological polar surface area (TPSA) is 91.0 Å². The van der Waals surface area contributed by atoms with Gasteiger partial charge in [0.05, 0.1) is 24.2 Å². The number of nitrogens with zero attached hydrogens (tertiary/aromatic N) is 2. The Labute approximate surface area is 185 Å². The van der Waals surface area contributed by atoms with Crippen molar-refractivity contribution >= 4 is 46.4 Å². The molecule has 2 saturated heterocycles. The summed E-state index contributed by atoms with van der Waals surface area (Å²) in [6.07, 6.45) is 2.81. The minimum Gasteiger partial charge on any atom is -0.495 e. The lowest BCUT2D eigenvalue weighted by atomic mass is 10.2. The Balaban J connectivity index is 0.00000210. The number of rotatable bonds is 6. The van der Waals surface area contributed by atoms with E-state index in [9.17, 15) is 13.2 Å². The normalized spacial score (nSPS) is 18.2. The highest BCUT2D eigenvalue weighted by Gasteiger charge is 2.27. The fraction of sp³-hybridized carbons (Fsp3) is 0.611. The highest BCUT2D eigenvalue weighted by molar-refractivity contribution is 7.89. The van der Waals surface area contributed by atoms with Gasteiger partial charge in [-0.25, -0.2) is 8.42 Å². The smallest absolute Gasteiger partial charge is 0.243 e. The maximum absolute atomic E-state index is 12.9. The molecular formula is C18H30Cl2N4O4S. The summed E-state index contributed by atoms with van der Waals surface area (Å²) in [6.45, 7) is 4.70. The molecule has 2 aliphatic heterocycles. The van der Waals surface area contributed by atoms with E-state index in [0.717, 1.165) is 45.4 Å². The second-order valence-electron chi connectivity index (χ2n) is 6.90. The minimum atomic E-state index is -3.56. The maximum Gasteiger partial charge on any atom is 0.243 e. The first-order chi connectivity index (χ1) is 13.0. The van der Waals surface area contributed by atoms with Crippen LogP contribution in [-0.4, -0.2) is 76.5 Å². The summed E-state index contributed by atoms with van der Waals surface area (Å²) in [5.41, 5.74) is 0.385. The van der Waals surface area contributed by atoms with Gasteiger partial charge in [-0.15, -0.1) is 24.8 Å². The number of benzene rings is 1. The van der Waals surface area contributed by atoms with E-state index in [-0.39, 0.29) is 42.2 Å². The summed E-state index contributed by atoms with van der Waals surface area (Å²) < 4.78 is 32.6. The maximum atomic E-state index is 12.9. The van der Waals surface area contributed by atoms with Crippen LogP contribution in [0.4, 0.5) is 5.69 Å². The second kappa shape index (κ2) is 11.9. The molecule has 0 radical (unpaired) electrons. The molecular weight excluding hydrogens is 439 g/mol. The van der Waals surface area contributed by atoms with Gasteiger partial charge >= 0.3 is 0 Å². The Morgan fingerprint density at radius 3 is 2.38 bits per heavy atom. The van der Waals surface area contributed by atoms with Crippen LogP contribution in [0.2, 0.25) is 0 Å². The molecule has 0 aromatic heterocycles. The lowest BCUT2D eigenvalue weighted by Crippen LogP contribution is -2.46. The van der Waals surface area contributed by atoms with Crippen LogP contribution in [0.3, 0.4) is 0 Å². The number of hydrogen-bond acceptors (Lipinski definition) is 6. The standard InChI is InChI=1S/C18H28N4O4S.2ClH/c1-26-17-6-5-15(27(24,25)22-9-3-2-4-10-22)13-16(17)20-18(23)14-21-11-7-19-8-12-21;;/h5-6,13,19H,2-4,7-12,14H2,1H3,(H,20,23);2*1H. The van der Waals surface area contributed by atoms with Crippen LogP contribution >= 0.6 is 24.8 Å². The van der Waals surface area contributed by atoms with E-state index in [1.54, 1.807) is 6.07 Å². The van der Waals surface area contributed by atoms with Gasteiger partial charge in [0.1, 0.15) is 5.75 Å². The predicted molar refractivity (Wildman–Crippen MR) is 118 cm³/mol. The fourth-order valence-electron chi connectivity index (χ4n) is 3.46. The molecule has 1 aromatic rings. The van der Waals surface area contributed by atoms with Crippen LogP contribution in [0.25, 0.3) is 0 Å². The summed E-state index contributed by atoms with van der Waals surface area (Å²) in [7, 11) is -2.06. The van der Waals surface area contributed by atoms with Gasteiger partial charge in [0.2, 0.25) is 15.9 Å². The number of amides is 1. The summed E-state index contributed by atoms with van der Waals surface area (Å²) in [5, 5.41) is 6.06. The predicted octanol–water partition coefficient (Wildman–Crippen LogP) is 1.56. The quantitative estimate of drug-likeness (QED) is 0.657. The van der Waals surface area contributed by atoms with Gasteiger partial charge in [0, 0.05) is 39.3 Å². The van der Waals surface area contributed by atoms with E-state index < -0.39 is 10.0 Å². The van der Waals surface area contributed by atoms with Crippen LogP contribution in [0.15, 0.2) is 23.1 Å². The molecule has 29 heavy (non-hydrogen) atoms. The van der Waals surface area contributed by atoms with Crippen molar-refractivity contribution in [2.45, 2.75) is 24.2 Å². The van der Waals surface area contributed by atoms with Gasteiger partial charge < -0.3 is 15.4 Å². The van der Waals surface area contributed by atoms with Gasteiger partial charge in [-0.2, -0.15) is 4.31 Å². The Morgan fingerprint density at radius 2 is 1.76 bits per heavy atom. The number of carbonyl (C=O) groups excluding carboxylic acids is 1. The largest absolute Gasteiger partial charge is 0.495 e. The van der Waals surface area contributed by atoms with E-state index >= 15 is 0 Å². The first-order valence-corrected chi connectivity index (χ1v) is 10.9. The molecule has 0 bridgehead atoms. The highest BCUT2D eigenvalue weighted by atomic mass is 35.5. The molecule has 0 atom stereocenters. The van der Waals surface area contributed by atoms with Crippen molar-refractivity contribution in [3.05, 3.63) is 18.2 Å². The number of nitrogens with one attached hydrogen (secondary N) is 2. The van der Waals surface area contributed by atoms with E-state index in [0.29, 0.717) is 24.5 Å². The fourth-order valence-corrected chi connectivity index (χ4v) is 5.01. The summed E-state index contributed by atoms with van der Waals surface area (Å²) in [5.74, 6) is 0.268. The lowest BCUT2D eigenvalue weighted by Gasteiger charge is -2.27. The number of hydrogen-bond donors (Lipinski definition) is 2. The molecule has 0 aliphatic carbocycles. The number of piperidine rings is 1. The third-order valence-electron chi connectivity index (χ3n) is 4.97. The van der Waals surface area contributed by atoms with E-state index in [1.807, 2.05) is 0 Å². The van der Waals surface area contributed by atoms with Crippen LogP contribution < -0.4 is 15.4 Å². The first kappa shape index (κ1) is 25.9. The van der Waals surface area contributed by atoms with Crippen molar-refractivity contribution in [2.75, 3.05) is 58.2 Å². The molecule has 2 aliphatic rings. The number of ether oxygens (including phenoxy) is 1. The van der Waals surface area contributed by atoms with Crippen LogP contribution in [0, 0.1) is 0 Å². The average molecular weight is 469 g/mol. The first-order valence-electron chi connectivity index (χ1n) is 9.42. The zero-order valence-corrected chi connectivity index (χ0v) is 19.0. The number of methoxy groups -OCH3 is 1. The molecule has 166 valence electrons. The van der Waals surface area contributed by atoms with Gasteiger partial charge in [-0.3, -0.25) is 9.69 Å². The summed E-state index contributed by atoms with van der Waals surface area (Å²) in [6, 6.07) is 4.63.